The molecule has 3 aromatic rings. The Labute approximate surface area is 138 Å². The van der Waals surface area contributed by atoms with Gasteiger partial charge in [0, 0.05) is 5.56 Å². The molecule has 0 spiro atoms. The molecule has 3 nitrogen and oxygen atoms in total. The summed E-state index contributed by atoms with van der Waals surface area (Å²) in [6.07, 6.45) is 0.916. The van der Waals surface area contributed by atoms with Crippen molar-refractivity contribution in [1.29, 1.82) is 0 Å². The first kappa shape index (κ1) is 15.1. The number of benzene rings is 2. The molecule has 0 atom stereocenters. The van der Waals surface area contributed by atoms with Crippen LogP contribution in [0.4, 0.5) is 0 Å². The Kier molecular flexibility index (Phi) is 4.50. The van der Waals surface area contributed by atoms with Gasteiger partial charge in [0.1, 0.15) is 5.01 Å². The van der Waals surface area contributed by atoms with Crippen molar-refractivity contribution in [2.24, 2.45) is 0 Å². The lowest BCUT2D eigenvalue weighted by atomic mass is 10.2. The minimum absolute atomic E-state index is 0.544. The number of nitrogens with zero attached hydrogens (tertiary/aromatic N) is 1. The second-order valence-corrected chi connectivity index (χ2v) is 6.26. The second kappa shape index (κ2) is 6.55. The third-order valence-electron chi connectivity index (χ3n) is 3.22. The maximum atomic E-state index is 6.37. The summed E-state index contributed by atoms with van der Waals surface area (Å²) in [5.41, 5.74) is 1.93. The Morgan fingerprint density at radius 3 is 2.77 bits per heavy atom. The van der Waals surface area contributed by atoms with Crippen molar-refractivity contribution in [2.75, 3.05) is 13.7 Å². The van der Waals surface area contributed by atoms with E-state index in [1.165, 1.54) is 0 Å². The first-order chi connectivity index (χ1) is 10.7. The number of rotatable bonds is 5. The number of hydrogen-bond donors (Lipinski definition) is 0. The van der Waals surface area contributed by atoms with Gasteiger partial charge in [-0.2, -0.15) is 0 Å². The lowest BCUT2D eigenvalue weighted by Crippen LogP contribution is -1.99. The molecule has 0 N–H and O–H groups in total. The van der Waals surface area contributed by atoms with Gasteiger partial charge in [0.25, 0.3) is 0 Å². The van der Waals surface area contributed by atoms with Gasteiger partial charge < -0.3 is 9.47 Å². The molecule has 2 aromatic carbocycles. The largest absolute Gasteiger partial charge is 0.493 e. The van der Waals surface area contributed by atoms with Crippen LogP contribution in [0.25, 0.3) is 20.8 Å². The van der Waals surface area contributed by atoms with Crippen molar-refractivity contribution >= 4 is 33.2 Å². The topological polar surface area (TPSA) is 31.4 Å². The van der Waals surface area contributed by atoms with Crippen molar-refractivity contribution in [3.05, 3.63) is 41.4 Å². The quantitative estimate of drug-likeness (QED) is 0.625. The maximum Gasteiger partial charge on any atom is 0.179 e. The maximum absolute atomic E-state index is 6.37. The summed E-state index contributed by atoms with van der Waals surface area (Å²) >= 11 is 8.01. The van der Waals surface area contributed by atoms with Crippen LogP contribution in [0.1, 0.15) is 13.3 Å². The van der Waals surface area contributed by atoms with Gasteiger partial charge in [-0.3, -0.25) is 0 Å². The molecule has 0 unspecified atom stereocenters. The minimum atomic E-state index is 0.544. The molecule has 5 heteroatoms. The lowest BCUT2D eigenvalue weighted by Gasteiger charge is -2.13. The molecule has 0 fully saturated rings. The Morgan fingerprint density at radius 1 is 1.23 bits per heavy atom. The zero-order valence-corrected chi connectivity index (χ0v) is 14.0. The van der Waals surface area contributed by atoms with Gasteiger partial charge in [0.05, 0.1) is 29.0 Å². The van der Waals surface area contributed by atoms with E-state index < -0.39 is 0 Å². The fourth-order valence-corrected chi connectivity index (χ4v) is 3.40. The monoisotopic (exact) mass is 333 g/mol. The fourth-order valence-electron chi connectivity index (χ4n) is 2.18. The van der Waals surface area contributed by atoms with E-state index in [1.54, 1.807) is 18.4 Å². The minimum Gasteiger partial charge on any atom is -0.493 e. The zero-order chi connectivity index (χ0) is 15.5. The van der Waals surface area contributed by atoms with Crippen LogP contribution < -0.4 is 9.47 Å². The molecule has 0 aliphatic rings. The molecule has 1 aromatic heterocycles. The highest BCUT2D eigenvalue weighted by Gasteiger charge is 2.15. The van der Waals surface area contributed by atoms with Crippen molar-refractivity contribution < 1.29 is 9.47 Å². The standard InChI is InChI=1S/C17H16ClNO2S/c1-3-8-21-16-12(18)9-11(10-14(16)20-2)17-19-13-6-4-5-7-15(13)22-17/h4-7,9-10H,3,8H2,1-2H3. The highest BCUT2D eigenvalue weighted by Crippen LogP contribution is 2.41. The smallest absolute Gasteiger partial charge is 0.179 e. The molecular formula is C17H16ClNO2S. The van der Waals surface area contributed by atoms with Crippen LogP contribution in [0.2, 0.25) is 5.02 Å². The summed E-state index contributed by atoms with van der Waals surface area (Å²) in [5, 5.41) is 1.46. The highest BCUT2D eigenvalue weighted by atomic mass is 35.5. The van der Waals surface area contributed by atoms with Gasteiger partial charge in [-0.1, -0.05) is 30.7 Å². The summed E-state index contributed by atoms with van der Waals surface area (Å²) in [7, 11) is 1.62. The van der Waals surface area contributed by atoms with Gasteiger partial charge in [-0.15, -0.1) is 11.3 Å². The second-order valence-electron chi connectivity index (χ2n) is 4.82. The average molecular weight is 334 g/mol. The average Bonchev–Trinajstić information content (AvgIpc) is 2.97. The zero-order valence-electron chi connectivity index (χ0n) is 12.4. The van der Waals surface area contributed by atoms with Crippen molar-refractivity contribution in [2.45, 2.75) is 13.3 Å². The normalized spacial score (nSPS) is 10.9. The van der Waals surface area contributed by atoms with Crippen LogP contribution in [0, 0.1) is 0 Å². The molecule has 1 heterocycles. The van der Waals surface area contributed by atoms with Crippen molar-refractivity contribution in [1.82, 2.24) is 4.98 Å². The molecule has 3 rings (SSSR count). The van der Waals surface area contributed by atoms with Gasteiger partial charge >= 0.3 is 0 Å². The summed E-state index contributed by atoms with van der Waals surface area (Å²) in [6.45, 7) is 2.66. The first-order valence-corrected chi connectivity index (χ1v) is 8.28. The number of thiazole rings is 1. The molecule has 0 bridgehead atoms. The molecular weight excluding hydrogens is 318 g/mol. The van der Waals surface area contributed by atoms with E-state index in [2.05, 4.69) is 18.0 Å². The van der Waals surface area contributed by atoms with Crippen molar-refractivity contribution in [3.63, 3.8) is 0 Å². The van der Waals surface area contributed by atoms with E-state index in [9.17, 15) is 0 Å². The molecule has 0 radical (unpaired) electrons. The number of fused-ring (bicyclic) bond motifs is 1. The van der Waals surface area contributed by atoms with E-state index in [4.69, 9.17) is 21.1 Å². The number of methoxy groups -OCH3 is 1. The number of aromatic nitrogens is 1. The highest BCUT2D eigenvalue weighted by molar-refractivity contribution is 7.21. The van der Waals surface area contributed by atoms with Crippen LogP contribution in [-0.2, 0) is 0 Å². The fraction of sp³-hybridized carbons (Fsp3) is 0.235. The Balaban J connectivity index is 2.05. The van der Waals surface area contributed by atoms with Crippen LogP contribution in [-0.4, -0.2) is 18.7 Å². The third-order valence-corrected chi connectivity index (χ3v) is 4.59. The van der Waals surface area contributed by atoms with E-state index in [-0.39, 0.29) is 0 Å². The van der Waals surface area contributed by atoms with Crippen molar-refractivity contribution in [3.8, 4) is 22.1 Å². The third kappa shape index (κ3) is 2.89. The number of para-hydroxylation sites is 1. The van der Waals surface area contributed by atoms with Crippen LogP contribution in [0.3, 0.4) is 0 Å². The molecule has 0 saturated heterocycles. The molecule has 22 heavy (non-hydrogen) atoms. The molecule has 0 amide bonds. The van der Waals surface area contributed by atoms with Gasteiger partial charge in [0.15, 0.2) is 11.5 Å². The van der Waals surface area contributed by atoms with Crippen LogP contribution in [0.15, 0.2) is 36.4 Å². The molecule has 0 saturated carbocycles. The van der Waals surface area contributed by atoms with Gasteiger partial charge in [-0.05, 0) is 30.7 Å². The van der Waals surface area contributed by atoms with E-state index in [1.807, 2.05) is 30.3 Å². The van der Waals surface area contributed by atoms with E-state index >= 15 is 0 Å². The Morgan fingerprint density at radius 2 is 2.05 bits per heavy atom. The Hall–Kier alpha value is -1.78. The number of halogens is 1. The van der Waals surface area contributed by atoms with Crippen LogP contribution in [0.5, 0.6) is 11.5 Å². The summed E-state index contributed by atoms with van der Waals surface area (Å²) in [6, 6.07) is 11.9. The predicted molar refractivity (Wildman–Crippen MR) is 92.4 cm³/mol. The van der Waals surface area contributed by atoms with Crippen LogP contribution >= 0.6 is 22.9 Å². The van der Waals surface area contributed by atoms with E-state index in [0.29, 0.717) is 23.1 Å². The molecule has 114 valence electrons. The number of hydrogen-bond acceptors (Lipinski definition) is 4. The SMILES string of the molecule is CCCOc1c(Cl)cc(-c2nc3ccccc3s2)cc1OC. The summed E-state index contributed by atoms with van der Waals surface area (Å²) < 4.78 is 12.3. The number of ether oxygens (including phenoxy) is 2. The Bertz CT molecular complexity index is 767. The van der Waals surface area contributed by atoms with Gasteiger partial charge in [-0.25, -0.2) is 4.98 Å². The summed E-state index contributed by atoms with van der Waals surface area (Å²) in [5.74, 6) is 1.23. The summed E-state index contributed by atoms with van der Waals surface area (Å²) in [4.78, 5) is 4.65. The lowest BCUT2D eigenvalue weighted by molar-refractivity contribution is 0.294. The van der Waals surface area contributed by atoms with Gasteiger partial charge in [0.2, 0.25) is 0 Å². The first-order valence-electron chi connectivity index (χ1n) is 7.09. The van der Waals surface area contributed by atoms with E-state index in [0.717, 1.165) is 27.2 Å². The molecule has 0 aliphatic carbocycles. The predicted octanol–water partition coefficient (Wildman–Crippen LogP) is 5.41. The molecule has 0 aliphatic heterocycles.